The molecule has 1 aromatic carbocycles. The van der Waals surface area contributed by atoms with Gasteiger partial charge in [0.25, 0.3) is 5.91 Å². The molecule has 0 unspecified atom stereocenters. The van der Waals surface area contributed by atoms with Crippen LogP contribution in [0.2, 0.25) is 0 Å². The summed E-state index contributed by atoms with van der Waals surface area (Å²) in [7, 11) is 1.98. The van der Waals surface area contributed by atoms with E-state index in [-0.39, 0.29) is 5.91 Å². The zero-order valence-corrected chi connectivity index (χ0v) is 15.9. The Bertz CT molecular complexity index is 904. The van der Waals surface area contributed by atoms with Gasteiger partial charge in [0.1, 0.15) is 5.82 Å². The van der Waals surface area contributed by atoms with E-state index < -0.39 is 0 Å². The highest BCUT2D eigenvalue weighted by atomic mass is 16.1. The van der Waals surface area contributed by atoms with Crippen LogP contribution in [0.4, 0.5) is 11.5 Å². The van der Waals surface area contributed by atoms with Gasteiger partial charge >= 0.3 is 0 Å². The Balaban J connectivity index is 1.70. The van der Waals surface area contributed by atoms with E-state index in [9.17, 15) is 4.79 Å². The summed E-state index contributed by atoms with van der Waals surface area (Å²) in [6.07, 6.45) is 6.16. The number of pyridine rings is 2. The number of nitrogens with zero attached hydrogens (tertiary/aromatic N) is 3. The fraction of sp³-hybridized carbons (Fsp3) is 0.227. The number of anilines is 2. The molecule has 2 heterocycles. The zero-order chi connectivity index (χ0) is 19.2. The first-order valence-corrected chi connectivity index (χ1v) is 8.98. The number of nitrogens with one attached hydrogen (secondary N) is 1. The standard InChI is InChI=1S/C22H24N4O/c1-16-5-4-6-17(2)21(16)25-22(27)19-9-13-24-20(15-19)26(3)14-10-18-7-11-23-12-8-18/h4-9,11-13,15H,10,14H2,1-3H3,(H,25,27). The molecule has 0 atom stereocenters. The molecule has 0 saturated heterocycles. The van der Waals surface area contributed by atoms with Gasteiger partial charge in [-0.1, -0.05) is 18.2 Å². The molecule has 5 heteroatoms. The Morgan fingerprint density at radius 1 is 1.04 bits per heavy atom. The molecule has 0 saturated carbocycles. The van der Waals surface area contributed by atoms with E-state index in [0.29, 0.717) is 5.56 Å². The molecule has 0 bridgehead atoms. The van der Waals surface area contributed by atoms with Gasteiger partial charge in [0.15, 0.2) is 0 Å². The number of para-hydroxylation sites is 1. The van der Waals surface area contributed by atoms with E-state index in [4.69, 9.17) is 0 Å². The summed E-state index contributed by atoms with van der Waals surface area (Å²) in [5.74, 6) is 0.650. The summed E-state index contributed by atoms with van der Waals surface area (Å²) in [5, 5.41) is 3.03. The number of amides is 1. The lowest BCUT2D eigenvalue weighted by Gasteiger charge is -2.19. The molecule has 3 aromatic rings. The summed E-state index contributed by atoms with van der Waals surface area (Å²) in [6, 6.07) is 13.6. The topological polar surface area (TPSA) is 58.1 Å². The van der Waals surface area contributed by atoms with Crippen molar-refractivity contribution in [3.05, 3.63) is 83.3 Å². The van der Waals surface area contributed by atoms with Gasteiger partial charge in [-0.05, 0) is 61.2 Å². The van der Waals surface area contributed by atoms with Gasteiger partial charge in [-0.15, -0.1) is 0 Å². The molecular formula is C22H24N4O. The predicted molar refractivity (Wildman–Crippen MR) is 109 cm³/mol. The highest BCUT2D eigenvalue weighted by molar-refractivity contribution is 6.05. The monoisotopic (exact) mass is 360 g/mol. The second-order valence-corrected chi connectivity index (χ2v) is 6.65. The van der Waals surface area contributed by atoms with E-state index >= 15 is 0 Å². The molecule has 2 aromatic heterocycles. The van der Waals surface area contributed by atoms with Gasteiger partial charge in [-0.3, -0.25) is 9.78 Å². The van der Waals surface area contributed by atoms with Crippen LogP contribution in [0.1, 0.15) is 27.0 Å². The van der Waals surface area contributed by atoms with Crippen molar-refractivity contribution >= 4 is 17.4 Å². The summed E-state index contributed by atoms with van der Waals surface area (Å²) in [6.45, 7) is 4.79. The number of rotatable bonds is 6. The van der Waals surface area contributed by atoms with Crippen LogP contribution >= 0.6 is 0 Å². The molecule has 0 aliphatic heterocycles. The molecule has 0 spiro atoms. The summed E-state index contributed by atoms with van der Waals surface area (Å²) < 4.78 is 0. The van der Waals surface area contributed by atoms with Crippen LogP contribution in [0.5, 0.6) is 0 Å². The molecule has 1 amide bonds. The summed E-state index contributed by atoms with van der Waals surface area (Å²) >= 11 is 0. The molecule has 3 rings (SSSR count). The average molecular weight is 360 g/mol. The molecule has 5 nitrogen and oxygen atoms in total. The number of aromatic nitrogens is 2. The predicted octanol–water partition coefficient (Wildman–Crippen LogP) is 4.02. The zero-order valence-electron chi connectivity index (χ0n) is 15.9. The third kappa shape index (κ3) is 4.70. The van der Waals surface area contributed by atoms with Crippen LogP contribution in [0.3, 0.4) is 0 Å². The lowest BCUT2D eigenvalue weighted by molar-refractivity contribution is 0.102. The Morgan fingerprint density at radius 2 is 1.74 bits per heavy atom. The fourth-order valence-electron chi connectivity index (χ4n) is 2.93. The molecule has 0 aliphatic carbocycles. The third-order valence-corrected chi connectivity index (χ3v) is 4.60. The highest BCUT2D eigenvalue weighted by Gasteiger charge is 2.12. The summed E-state index contributed by atoms with van der Waals surface area (Å²) in [4.78, 5) is 23.2. The number of likely N-dealkylation sites (N-methyl/N-ethyl adjacent to an activating group) is 1. The highest BCUT2D eigenvalue weighted by Crippen LogP contribution is 2.21. The molecule has 0 aliphatic rings. The minimum Gasteiger partial charge on any atom is -0.359 e. The molecule has 1 N–H and O–H groups in total. The minimum atomic E-state index is -0.126. The van der Waals surface area contributed by atoms with E-state index in [2.05, 4.69) is 20.2 Å². The second kappa shape index (κ2) is 8.45. The van der Waals surface area contributed by atoms with Crippen molar-refractivity contribution in [2.75, 3.05) is 23.8 Å². The number of carbonyl (C=O) groups is 1. The second-order valence-electron chi connectivity index (χ2n) is 6.65. The van der Waals surface area contributed by atoms with Crippen LogP contribution in [-0.4, -0.2) is 29.5 Å². The van der Waals surface area contributed by atoms with Crippen molar-refractivity contribution < 1.29 is 4.79 Å². The third-order valence-electron chi connectivity index (χ3n) is 4.60. The first kappa shape index (κ1) is 18.6. The lowest BCUT2D eigenvalue weighted by atomic mass is 10.1. The van der Waals surface area contributed by atoms with E-state index in [1.807, 2.05) is 57.3 Å². The number of aryl methyl sites for hydroxylation is 2. The van der Waals surface area contributed by atoms with Crippen molar-refractivity contribution in [1.82, 2.24) is 9.97 Å². The van der Waals surface area contributed by atoms with Crippen LogP contribution < -0.4 is 10.2 Å². The number of hydrogen-bond donors (Lipinski definition) is 1. The van der Waals surface area contributed by atoms with Gasteiger partial charge in [0.05, 0.1) is 0 Å². The maximum absolute atomic E-state index is 12.7. The first-order chi connectivity index (χ1) is 13.0. The Labute approximate surface area is 160 Å². The maximum Gasteiger partial charge on any atom is 0.255 e. The minimum absolute atomic E-state index is 0.126. The lowest BCUT2D eigenvalue weighted by Crippen LogP contribution is -2.22. The Kier molecular flexibility index (Phi) is 5.81. The van der Waals surface area contributed by atoms with Crippen molar-refractivity contribution in [2.24, 2.45) is 0 Å². The van der Waals surface area contributed by atoms with Crippen LogP contribution in [0, 0.1) is 13.8 Å². The van der Waals surface area contributed by atoms with E-state index in [0.717, 1.165) is 35.6 Å². The van der Waals surface area contributed by atoms with Gasteiger partial charge < -0.3 is 10.2 Å². The van der Waals surface area contributed by atoms with Crippen LogP contribution in [0.25, 0.3) is 0 Å². The molecule has 0 fully saturated rings. The Morgan fingerprint density at radius 3 is 2.44 bits per heavy atom. The number of hydrogen-bond acceptors (Lipinski definition) is 4. The number of benzene rings is 1. The van der Waals surface area contributed by atoms with Crippen molar-refractivity contribution in [3.8, 4) is 0 Å². The van der Waals surface area contributed by atoms with Crippen LogP contribution in [0.15, 0.2) is 61.1 Å². The van der Waals surface area contributed by atoms with E-state index in [1.165, 1.54) is 5.56 Å². The molecule has 0 radical (unpaired) electrons. The summed E-state index contributed by atoms with van der Waals surface area (Å²) in [5.41, 5.74) is 4.78. The van der Waals surface area contributed by atoms with Crippen LogP contribution in [-0.2, 0) is 6.42 Å². The maximum atomic E-state index is 12.7. The van der Waals surface area contributed by atoms with Gasteiger partial charge in [0.2, 0.25) is 0 Å². The normalized spacial score (nSPS) is 10.5. The molecule has 138 valence electrons. The smallest absolute Gasteiger partial charge is 0.255 e. The first-order valence-electron chi connectivity index (χ1n) is 8.98. The average Bonchev–Trinajstić information content (AvgIpc) is 2.70. The quantitative estimate of drug-likeness (QED) is 0.721. The fourth-order valence-corrected chi connectivity index (χ4v) is 2.93. The van der Waals surface area contributed by atoms with Crippen molar-refractivity contribution in [2.45, 2.75) is 20.3 Å². The van der Waals surface area contributed by atoms with Gasteiger partial charge in [-0.2, -0.15) is 0 Å². The van der Waals surface area contributed by atoms with Crippen molar-refractivity contribution in [1.29, 1.82) is 0 Å². The molecular weight excluding hydrogens is 336 g/mol. The van der Waals surface area contributed by atoms with E-state index in [1.54, 1.807) is 24.7 Å². The van der Waals surface area contributed by atoms with Gasteiger partial charge in [-0.25, -0.2) is 4.98 Å². The Hall–Kier alpha value is -3.21. The number of carbonyl (C=O) groups excluding carboxylic acids is 1. The molecule has 27 heavy (non-hydrogen) atoms. The largest absolute Gasteiger partial charge is 0.359 e. The van der Waals surface area contributed by atoms with Crippen molar-refractivity contribution in [3.63, 3.8) is 0 Å². The van der Waals surface area contributed by atoms with Gasteiger partial charge in [0, 0.05) is 43.4 Å². The SMILES string of the molecule is Cc1cccc(C)c1NC(=O)c1ccnc(N(C)CCc2ccncc2)c1.